The van der Waals surface area contributed by atoms with Gasteiger partial charge in [0.25, 0.3) is 0 Å². The van der Waals surface area contributed by atoms with Gasteiger partial charge in [-0.05, 0) is 43.3 Å². The number of rotatable bonds is 3. The van der Waals surface area contributed by atoms with Gasteiger partial charge in [-0.2, -0.15) is 0 Å². The summed E-state index contributed by atoms with van der Waals surface area (Å²) in [7, 11) is 0. The van der Waals surface area contributed by atoms with Gasteiger partial charge in [0.15, 0.2) is 5.78 Å². The van der Waals surface area contributed by atoms with Gasteiger partial charge in [0, 0.05) is 37.5 Å². The first kappa shape index (κ1) is 17.8. The minimum Gasteiger partial charge on any atom is -0.327 e. The van der Waals surface area contributed by atoms with Crippen molar-refractivity contribution in [2.24, 2.45) is 0 Å². The second-order valence-electron chi connectivity index (χ2n) is 5.54. The van der Waals surface area contributed by atoms with Crippen molar-refractivity contribution in [1.82, 2.24) is 10.6 Å². The lowest BCUT2D eigenvalue weighted by Gasteiger charge is -2.29. The molecule has 1 atom stereocenters. The molecule has 0 aromatic heterocycles. The average Bonchev–Trinajstić information content (AvgIpc) is 2.54. The Morgan fingerprint density at radius 1 is 1.00 bits per heavy atom. The minimum absolute atomic E-state index is 0.248. The number of carbonyl (C=O) groups excluding carboxylic acids is 2. The van der Waals surface area contributed by atoms with Crippen molar-refractivity contribution in [2.75, 3.05) is 0 Å². The van der Waals surface area contributed by atoms with Crippen molar-refractivity contribution < 1.29 is 9.59 Å². The second kappa shape index (κ2) is 7.08. The molecule has 2 N–H and O–H groups in total. The quantitative estimate of drug-likeness (QED) is 0.705. The van der Waals surface area contributed by atoms with E-state index in [-0.39, 0.29) is 5.78 Å². The molecule has 0 fully saturated rings. The molecule has 4 nitrogen and oxygen atoms in total. The van der Waals surface area contributed by atoms with Crippen LogP contribution in [0.25, 0.3) is 0 Å². The number of halogens is 3. The molecule has 1 aliphatic heterocycles. The van der Waals surface area contributed by atoms with Crippen LogP contribution in [0.4, 0.5) is 4.79 Å². The number of carbonyl (C=O) groups is 2. The Balaban J connectivity index is 2.13. The van der Waals surface area contributed by atoms with E-state index in [0.29, 0.717) is 37.5 Å². The average molecular weight is 396 g/mol. The van der Waals surface area contributed by atoms with E-state index in [1.165, 1.54) is 0 Å². The van der Waals surface area contributed by atoms with Crippen molar-refractivity contribution in [3.8, 4) is 0 Å². The third kappa shape index (κ3) is 3.52. The predicted octanol–water partition coefficient (Wildman–Crippen LogP) is 5.16. The Morgan fingerprint density at radius 3 is 2.20 bits per heavy atom. The molecule has 0 radical (unpaired) electrons. The number of allylic oxidation sites excluding steroid dienone is 1. The summed E-state index contributed by atoms with van der Waals surface area (Å²) in [5, 5.41) is 6.63. The van der Waals surface area contributed by atoms with Crippen LogP contribution in [0.1, 0.15) is 28.9 Å². The lowest BCUT2D eigenvalue weighted by atomic mass is 9.89. The Kier molecular flexibility index (Phi) is 5.04. The molecule has 0 bridgehead atoms. The van der Waals surface area contributed by atoms with Gasteiger partial charge < -0.3 is 10.6 Å². The fourth-order valence-corrected chi connectivity index (χ4v) is 3.50. The highest BCUT2D eigenvalue weighted by atomic mass is 35.5. The van der Waals surface area contributed by atoms with Crippen LogP contribution in [0, 0.1) is 0 Å². The Morgan fingerprint density at radius 2 is 1.60 bits per heavy atom. The van der Waals surface area contributed by atoms with E-state index in [1.54, 1.807) is 49.4 Å². The fraction of sp³-hybridized carbons (Fsp3) is 0.111. The third-order valence-corrected chi connectivity index (χ3v) is 4.82. The van der Waals surface area contributed by atoms with Gasteiger partial charge in [0.05, 0.1) is 6.04 Å². The Hall–Kier alpha value is -2.01. The highest BCUT2D eigenvalue weighted by Gasteiger charge is 2.33. The van der Waals surface area contributed by atoms with Crippen LogP contribution in [0.2, 0.25) is 15.1 Å². The molecule has 2 amide bonds. The van der Waals surface area contributed by atoms with Gasteiger partial charge in [-0.15, -0.1) is 0 Å². The number of amides is 2. The standard InChI is InChI=1S/C18H13Cl3N2O2/c1-9-14(17(24)10-5-7-11(19)8-6-10)16(23-18(25)22-9)15-12(20)3-2-4-13(15)21/h2-8,16H,1H3,(H2,22,23,25)/t16-/m1/s1. The number of urea groups is 1. The maximum Gasteiger partial charge on any atom is 0.319 e. The van der Waals surface area contributed by atoms with E-state index in [2.05, 4.69) is 10.6 Å². The van der Waals surface area contributed by atoms with E-state index in [4.69, 9.17) is 34.8 Å². The second-order valence-corrected chi connectivity index (χ2v) is 6.79. The topological polar surface area (TPSA) is 58.2 Å². The first-order chi connectivity index (χ1) is 11.9. The van der Waals surface area contributed by atoms with Crippen molar-refractivity contribution in [3.05, 3.63) is 79.9 Å². The summed E-state index contributed by atoms with van der Waals surface area (Å²) in [6.45, 7) is 1.67. The van der Waals surface area contributed by atoms with Gasteiger partial charge in [-0.1, -0.05) is 40.9 Å². The molecule has 128 valence electrons. The molecule has 7 heteroatoms. The summed E-state index contributed by atoms with van der Waals surface area (Å²) in [6.07, 6.45) is 0. The van der Waals surface area contributed by atoms with Crippen molar-refractivity contribution in [2.45, 2.75) is 13.0 Å². The zero-order valence-electron chi connectivity index (χ0n) is 13.1. The van der Waals surface area contributed by atoms with Crippen LogP contribution in [0.3, 0.4) is 0 Å². The van der Waals surface area contributed by atoms with Crippen molar-refractivity contribution in [3.63, 3.8) is 0 Å². The molecule has 1 heterocycles. The predicted molar refractivity (Wildman–Crippen MR) is 99.4 cm³/mol. The first-order valence-corrected chi connectivity index (χ1v) is 8.54. The highest BCUT2D eigenvalue weighted by Crippen LogP contribution is 2.37. The normalized spacial score (nSPS) is 17.1. The van der Waals surface area contributed by atoms with E-state index >= 15 is 0 Å². The van der Waals surface area contributed by atoms with Crippen LogP contribution in [-0.4, -0.2) is 11.8 Å². The molecule has 3 rings (SSSR count). The summed E-state index contributed by atoms with van der Waals surface area (Å²) >= 11 is 18.5. The maximum absolute atomic E-state index is 13.1. The summed E-state index contributed by atoms with van der Waals surface area (Å²) < 4.78 is 0. The largest absolute Gasteiger partial charge is 0.327 e. The molecular formula is C18H13Cl3N2O2. The fourth-order valence-electron chi connectivity index (χ4n) is 2.75. The van der Waals surface area contributed by atoms with Crippen LogP contribution >= 0.6 is 34.8 Å². The lowest BCUT2D eigenvalue weighted by molar-refractivity contribution is 0.102. The number of Topliss-reactive ketones (excluding diaryl/α,β-unsaturated/α-hetero) is 1. The molecule has 2 aromatic rings. The van der Waals surface area contributed by atoms with Gasteiger partial charge in [0.1, 0.15) is 0 Å². The number of hydrogen-bond acceptors (Lipinski definition) is 2. The molecule has 2 aromatic carbocycles. The molecule has 0 spiro atoms. The summed E-state index contributed by atoms with van der Waals surface area (Å²) in [5.41, 5.74) is 1.75. The van der Waals surface area contributed by atoms with E-state index in [9.17, 15) is 9.59 Å². The smallest absolute Gasteiger partial charge is 0.319 e. The number of benzene rings is 2. The maximum atomic E-state index is 13.1. The number of hydrogen-bond donors (Lipinski definition) is 2. The monoisotopic (exact) mass is 394 g/mol. The van der Waals surface area contributed by atoms with Crippen LogP contribution < -0.4 is 10.6 Å². The van der Waals surface area contributed by atoms with Crippen molar-refractivity contribution in [1.29, 1.82) is 0 Å². The summed E-state index contributed by atoms with van der Waals surface area (Å²) in [6, 6.07) is 10.4. The van der Waals surface area contributed by atoms with E-state index in [0.717, 1.165) is 0 Å². The Bertz CT molecular complexity index is 871. The number of ketones is 1. The molecule has 0 aliphatic carbocycles. The Labute approximate surface area is 159 Å². The van der Waals surface area contributed by atoms with Gasteiger partial charge in [-0.25, -0.2) is 4.79 Å². The van der Waals surface area contributed by atoms with Gasteiger partial charge >= 0.3 is 6.03 Å². The molecular weight excluding hydrogens is 383 g/mol. The zero-order chi connectivity index (χ0) is 18.1. The molecule has 25 heavy (non-hydrogen) atoms. The van der Waals surface area contributed by atoms with Crippen LogP contribution in [-0.2, 0) is 0 Å². The molecule has 1 aliphatic rings. The molecule has 0 unspecified atom stereocenters. The van der Waals surface area contributed by atoms with E-state index < -0.39 is 12.1 Å². The highest BCUT2D eigenvalue weighted by molar-refractivity contribution is 6.36. The lowest BCUT2D eigenvalue weighted by Crippen LogP contribution is -2.45. The van der Waals surface area contributed by atoms with Crippen LogP contribution in [0.5, 0.6) is 0 Å². The first-order valence-electron chi connectivity index (χ1n) is 7.41. The van der Waals surface area contributed by atoms with E-state index in [1.807, 2.05) is 0 Å². The molecule has 0 saturated heterocycles. The SMILES string of the molecule is CC1=C(C(=O)c2ccc(Cl)cc2)[C@H](c2c(Cl)cccc2Cl)NC(=O)N1. The number of nitrogens with one attached hydrogen (secondary N) is 2. The third-order valence-electron chi connectivity index (χ3n) is 3.91. The summed E-state index contributed by atoms with van der Waals surface area (Å²) in [5.74, 6) is -0.248. The van der Waals surface area contributed by atoms with Crippen LogP contribution in [0.15, 0.2) is 53.7 Å². The minimum atomic E-state index is -0.752. The zero-order valence-corrected chi connectivity index (χ0v) is 15.3. The van der Waals surface area contributed by atoms with Crippen molar-refractivity contribution >= 4 is 46.6 Å². The van der Waals surface area contributed by atoms with Gasteiger partial charge in [0.2, 0.25) is 0 Å². The molecule has 0 saturated carbocycles. The summed E-state index contributed by atoms with van der Waals surface area (Å²) in [4.78, 5) is 25.0. The van der Waals surface area contributed by atoms with Gasteiger partial charge in [-0.3, -0.25) is 4.79 Å².